The normalized spacial score (nSPS) is 11.9. The number of carbonyl (C=O) groups is 1. The van der Waals surface area contributed by atoms with Gasteiger partial charge in [-0.15, -0.1) is 34.9 Å². The van der Waals surface area contributed by atoms with Crippen molar-refractivity contribution in [2.75, 3.05) is 0 Å². The molecule has 0 atom stereocenters. The van der Waals surface area contributed by atoms with Crippen LogP contribution in [0.4, 0.5) is 0 Å². The first-order valence-electron chi connectivity index (χ1n) is 15.8. The van der Waals surface area contributed by atoms with Crippen molar-refractivity contribution in [1.82, 2.24) is 4.98 Å². The van der Waals surface area contributed by atoms with Crippen LogP contribution >= 0.6 is 0 Å². The second kappa shape index (κ2) is 16.3. The summed E-state index contributed by atoms with van der Waals surface area (Å²) in [6, 6.07) is 18.3. The number of fused-ring (bicyclic) bond motifs is 1. The summed E-state index contributed by atoms with van der Waals surface area (Å²) in [5.41, 5.74) is 8.59. The molecule has 4 aromatic rings. The molecule has 0 fully saturated rings. The molecule has 0 aliphatic rings. The van der Waals surface area contributed by atoms with Crippen LogP contribution in [0.2, 0.25) is 0 Å². The molecule has 2 heterocycles. The Balaban J connectivity index is 0.000000363. The van der Waals surface area contributed by atoms with E-state index in [0.29, 0.717) is 0 Å². The summed E-state index contributed by atoms with van der Waals surface area (Å²) in [6.07, 6.45) is 6.77. The van der Waals surface area contributed by atoms with Crippen LogP contribution in [0.1, 0.15) is 96.4 Å². The average Bonchev–Trinajstić information content (AvgIpc) is 3.30. The van der Waals surface area contributed by atoms with Gasteiger partial charge >= 0.3 is 0 Å². The Morgan fingerprint density at radius 1 is 0.955 bits per heavy atom. The summed E-state index contributed by atoms with van der Waals surface area (Å²) < 4.78 is 6.50. The predicted molar refractivity (Wildman–Crippen MR) is 180 cm³/mol. The molecule has 2 aromatic heterocycles. The topological polar surface area (TPSA) is 63.3 Å². The van der Waals surface area contributed by atoms with Gasteiger partial charge in [-0.3, -0.25) is 4.79 Å². The maximum absolute atomic E-state index is 11.7. The molecule has 1 radical (unpaired) electrons. The molecule has 0 saturated heterocycles. The first-order chi connectivity index (χ1) is 20.4. The molecular formula is C39H50IrNO3-. The maximum atomic E-state index is 11.7. The number of aliphatic hydroxyl groups is 1. The number of pyridine rings is 1. The third-order valence-electron chi connectivity index (χ3n) is 8.32. The Hall–Kier alpha value is -3.01. The van der Waals surface area contributed by atoms with E-state index in [1.807, 2.05) is 40.0 Å². The smallest absolute Gasteiger partial charge is 0.162 e. The van der Waals surface area contributed by atoms with Gasteiger partial charge in [0.25, 0.3) is 0 Å². The third kappa shape index (κ3) is 8.79. The molecule has 2 aromatic carbocycles. The van der Waals surface area contributed by atoms with Gasteiger partial charge in [-0.2, -0.15) is 0 Å². The maximum Gasteiger partial charge on any atom is 0.162 e. The minimum Gasteiger partial charge on any atom is -0.512 e. The van der Waals surface area contributed by atoms with Crippen molar-refractivity contribution < 1.29 is 34.4 Å². The van der Waals surface area contributed by atoms with E-state index in [9.17, 15) is 9.90 Å². The van der Waals surface area contributed by atoms with Crippen LogP contribution < -0.4 is 0 Å². The number of aryl methyl sites for hydroxylation is 3. The fourth-order valence-electron chi connectivity index (χ4n) is 5.73. The standard InChI is InChI=1S/C26H26NO.C13H24O2.Ir/c1-16-13-17(2)15-19(14-16)23-25-20(11-12-27-23)18(3)24(28-25)21-9-7-8-10-22(21)26(4,5)6;1-5-10(6-2)12(14)9-13(15)11(7-3)8-4;/h7-14H,1-6H3;9-11,14H,5-8H2,1-4H3;/q-1;;/b;12-9-;. The number of benzene rings is 2. The molecule has 239 valence electrons. The Morgan fingerprint density at radius 3 is 2.14 bits per heavy atom. The van der Waals surface area contributed by atoms with Crippen LogP contribution in [0.5, 0.6) is 0 Å². The zero-order valence-corrected chi connectivity index (χ0v) is 30.6. The van der Waals surface area contributed by atoms with Gasteiger partial charge in [-0.25, -0.2) is 0 Å². The number of ketones is 1. The van der Waals surface area contributed by atoms with Gasteiger partial charge in [0, 0.05) is 66.4 Å². The van der Waals surface area contributed by atoms with E-state index in [1.165, 1.54) is 17.2 Å². The molecule has 0 aliphatic carbocycles. The van der Waals surface area contributed by atoms with Crippen LogP contribution in [0.15, 0.2) is 64.9 Å². The van der Waals surface area contributed by atoms with Gasteiger partial charge in [-0.05, 0) is 49.7 Å². The Bertz CT molecular complexity index is 1550. The van der Waals surface area contributed by atoms with Gasteiger partial charge in [-0.1, -0.05) is 86.6 Å². The van der Waals surface area contributed by atoms with E-state index in [2.05, 4.69) is 89.0 Å². The van der Waals surface area contributed by atoms with Gasteiger partial charge in [0.15, 0.2) is 5.78 Å². The minimum atomic E-state index is 0. The summed E-state index contributed by atoms with van der Waals surface area (Å²) in [4.78, 5) is 16.4. The number of furan rings is 1. The quantitative estimate of drug-likeness (QED) is 0.105. The van der Waals surface area contributed by atoms with E-state index in [1.54, 1.807) is 0 Å². The van der Waals surface area contributed by atoms with Crippen molar-refractivity contribution in [3.05, 3.63) is 88.8 Å². The molecule has 0 bridgehead atoms. The van der Waals surface area contributed by atoms with E-state index < -0.39 is 0 Å². The second-order valence-corrected chi connectivity index (χ2v) is 12.6. The van der Waals surface area contributed by atoms with Crippen molar-refractivity contribution in [1.29, 1.82) is 0 Å². The molecule has 0 saturated carbocycles. The summed E-state index contributed by atoms with van der Waals surface area (Å²) in [5.74, 6) is 1.48. The number of hydrogen-bond acceptors (Lipinski definition) is 4. The van der Waals surface area contributed by atoms with Crippen LogP contribution in [-0.4, -0.2) is 15.9 Å². The summed E-state index contributed by atoms with van der Waals surface area (Å²) >= 11 is 0. The molecule has 4 rings (SSSR count). The monoisotopic (exact) mass is 773 g/mol. The zero-order chi connectivity index (χ0) is 31.9. The van der Waals surface area contributed by atoms with Gasteiger partial charge in [0.1, 0.15) is 11.3 Å². The first-order valence-corrected chi connectivity index (χ1v) is 15.8. The number of aromatic nitrogens is 1. The Labute approximate surface area is 278 Å². The average molecular weight is 773 g/mol. The zero-order valence-electron chi connectivity index (χ0n) is 28.2. The van der Waals surface area contributed by atoms with E-state index >= 15 is 0 Å². The molecule has 5 heteroatoms. The van der Waals surface area contributed by atoms with E-state index in [-0.39, 0.29) is 48.9 Å². The summed E-state index contributed by atoms with van der Waals surface area (Å²) in [7, 11) is 0. The van der Waals surface area contributed by atoms with Crippen molar-refractivity contribution in [3.63, 3.8) is 0 Å². The van der Waals surface area contributed by atoms with Crippen LogP contribution in [0.3, 0.4) is 0 Å². The molecule has 4 nitrogen and oxygen atoms in total. The molecule has 0 amide bonds. The number of hydrogen-bond donors (Lipinski definition) is 1. The molecular weight excluding hydrogens is 723 g/mol. The Morgan fingerprint density at radius 2 is 1.57 bits per heavy atom. The van der Waals surface area contributed by atoms with Gasteiger partial charge in [0.05, 0.1) is 5.76 Å². The van der Waals surface area contributed by atoms with Gasteiger partial charge in [0.2, 0.25) is 0 Å². The second-order valence-electron chi connectivity index (χ2n) is 12.6. The predicted octanol–water partition coefficient (Wildman–Crippen LogP) is 11.1. The first kappa shape index (κ1) is 37.2. The number of aliphatic hydroxyl groups excluding tert-OH is 1. The summed E-state index contributed by atoms with van der Waals surface area (Å²) in [5, 5.41) is 10.9. The number of rotatable bonds is 9. The third-order valence-corrected chi connectivity index (χ3v) is 8.32. The summed E-state index contributed by atoms with van der Waals surface area (Å²) in [6.45, 7) is 21.1. The molecule has 0 spiro atoms. The Kier molecular flexibility index (Phi) is 13.8. The minimum absolute atomic E-state index is 0. The van der Waals surface area contributed by atoms with Crippen molar-refractivity contribution in [3.8, 4) is 22.6 Å². The molecule has 0 unspecified atom stereocenters. The van der Waals surface area contributed by atoms with Crippen LogP contribution in [-0.2, 0) is 30.3 Å². The largest absolute Gasteiger partial charge is 0.512 e. The number of nitrogens with zero attached hydrogens (tertiary/aromatic N) is 1. The van der Waals surface area contributed by atoms with E-state index in [0.717, 1.165) is 70.4 Å². The van der Waals surface area contributed by atoms with Crippen molar-refractivity contribution in [2.24, 2.45) is 11.8 Å². The van der Waals surface area contributed by atoms with Crippen molar-refractivity contribution in [2.45, 2.75) is 100 Å². The van der Waals surface area contributed by atoms with E-state index in [4.69, 9.17) is 4.42 Å². The van der Waals surface area contributed by atoms with Crippen LogP contribution in [0.25, 0.3) is 33.6 Å². The molecule has 44 heavy (non-hydrogen) atoms. The van der Waals surface area contributed by atoms with Gasteiger partial charge < -0.3 is 14.5 Å². The number of carbonyl (C=O) groups excluding carboxylic acids is 1. The molecule has 1 N–H and O–H groups in total. The fraction of sp³-hybridized carbons (Fsp3) is 0.436. The number of allylic oxidation sites excluding steroid dienone is 2. The van der Waals surface area contributed by atoms with Crippen molar-refractivity contribution >= 4 is 16.8 Å². The fourth-order valence-corrected chi connectivity index (χ4v) is 5.73. The van der Waals surface area contributed by atoms with Crippen LogP contribution in [0, 0.1) is 38.7 Å². The molecule has 0 aliphatic heterocycles. The SMILES string of the molecule is CCC(CC)C(=O)/C=C(\O)C(CC)CC.Cc1[c-]c(-c2nccc3c(C)c(-c4ccccc4C(C)(C)C)oc23)cc(C)c1.[Ir].